The highest BCUT2D eigenvalue weighted by atomic mass is 35.5. The van der Waals surface area contributed by atoms with Gasteiger partial charge < -0.3 is 10.6 Å². The van der Waals surface area contributed by atoms with Gasteiger partial charge in [0, 0.05) is 29.7 Å². The van der Waals surface area contributed by atoms with Crippen LogP contribution in [0.4, 0.5) is 5.82 Å². The smallest absolute Gasteiger partial charge is 0.239 e. The Bertz CT molecular complexity index is 798. The van der Waals surface area contributed by atoms with E-state index in [9.17, 15) is 9.59 Å². The number of nitrogens with one attached hydrogen (secondary N) is 2. The van der Waals surface area contributed by atoms with Gasteiger partial charge in [0.15, 0.2) is 0 Å². The first kappa shape index (κ1) is 18.4. The van der Waals surface area contributed by atoms with Crippen LogP contribution >= 0.6 is 11.6 Å². The van der Waals surface area contributed by atoms with Crippen molar-refractivity contribution in [1.82, 2.24) is 20.0 Å². The molecule has 1 aromatic heterocycles. The van der Waals surface area contributed by atoms with Crippen molar-refractivity contribution in [2.45, 2.75) is 18.9 Å². The molecule has 2 aromatic rings. The van der Waals surface area contributed by atoms with Gasteiger partial charge in [-0.05, 0) is 32.0 Å². The number of likely N-dealkylation sites (N-methyl/N-ethyl adjacent to an activating group) is 1. The number of nitrogens with zero attached hydrogens (tertiary/aromatic N) is 3. The number of hydrogen-bond acceptors (Lipinski definition) is 4. The van der Waals surface area contributed by atoms with E-state index in [1.165, 1.54) is 0 Å². The highest BCUT2D eigenvalue weighted by Crippen LogP contribution is 2.23. The van der Waals surface area contributed by atoms with Crippen molar-refractivity contribution in [2.75, 3.05) is 25.5 Å². The van der Waals surface area contributed by atoms with Gasteiger partial charge >= 0.3 is 0 Å². The molecule has 3 rings (SSSR count). The number of hydrogen-bond donors (Lipinski definition) is 2. The molecule has 2 amide bonds. The predicted octanol–water partition coefficient (Wildman–Crippen LogP) is 1.89. The summed E-state index contributed by atoms with van der Waals surface area (Å²) in [6.07, 6.45) is 2.10. The van der Waals surface area contributed by atoms with Gasteiger partial charge in [0.1, 0.15) is 5.82 Å². The number of benzene rings is 1. The molecule has 0 spiro atoms. The summed E-state index contributed by atoms with van der Waals surface area (Å²) in [5.41, 5.74) is 1.66. The summed E-state index contributed by atoms with van der Waals surface area (Å²) in [7, 11) is 3.51. The van der Waals surface area contributed by atoms with Crippen LogP contribution in [0.2, 0.25) is 5.02 Å². The Morgan fingerprint density at radius 3 is 2.54 bits per heavy atom. The topological polar surface area (TPSA) is 79.3 Å². The van der Waals surface area contributed by atoms with Crippen LogP contribution < -0.4 is 10.6 Å². The largest absolute Gasteiger partial charge is 0.352 e. The van der Waals surface area contributed by atoms with Gasteiger partial charge in [-0.2, -0.15) is 5.10 Å². The Labute approximate surface area is 157 Å². The normalized spacial score (nSPS) is 13.7. The number of rotatable bonds is 7. The quantitative estimate of drug-likeness (QED) is 0.774. The minimum absolute atomic E-state index is 0.0478. The molecule has 0 atom stereocenters. The summed E-state index contributed by atoms with van der Waals surface area (Å²) in [5.74, 6) is 0.349. The first-order chi connectivity index (χ1) is 12.4. The van der Waals surface area contributed by atoms with Crippen molar-refractivity contribution in [3.8, 4) is 11.3 Å². The molecular weight excluding hydrogens is 354 g/mol. The van der Waals surface area contributed by atoms with Crippen LogP contribution in [0.1, 0.15) is 12.8 Å². The van der Waals surface area contributed by atoms with Crippen molar-refractivity contribution in [3.05, 3.63) is 35.4 Å². The van der Waals surface area contributed by atoms with Crippen LogP contribution in [0.5, 0.6) is 0 Å². The number of carbonyl (C=O) groups is 2. The Balaban J connectivity index is 1.55. The van der Waals surface area contributed by atoms with Crippen LogP contribution in [0.15, 0.2) is 30.3 Å². The van der Waals surface area contributed by atoms with Gasteiger partial charge in [0.2, 0.25) is 11.8 Å². The van der Waals surface area contributed by atoms with Crippen molar-refractivity contribution in [1.29, 1.82) is 0 Å². The SMILES string of the molecule is CN(CC(=O)Nc1cc(-c2ccc(Cl)cc2)nn1C)CC(=O)NC1CC1. The van der Waals surface area contributed by atoms with Gasteiger partial charge in [-0.3, -0.25) is 19.2 Å². The van der Waals surface area contributed by atoms with Crippen molar-refractivity contribution < 1.29 is 9.59 Å². The third-order valence-electron chi connectivity index (χ3n) is 4.06. The van der Waals surface area contributed by atoms with E-state index in [0.29, 0.717) is 16.9 Å². The molecule has 7 nitrogen and oxygen atoms in total. The molecule has 1 saturated carbocycles. The van der Waals surface area contributed by atoms with Crippen LogP contribution in [-0.4, -0.2) is 52.7 Å². The number of halogens is 1. The molecule has 1 fully saturated rings. The monoisotopic (exact) mass is 375 g/mol. The molecule has 1 aromatic carbocycles. The molecule has 138 valence electrons. The summed E-state index contributed by atoms with van der Waals surface area (Å²) < 4.78 is 1.61. The van der Waals surface area contributed by atoms with Gasteiger partial charge in [-0.1, -0.05) is 23.7 Å². The van der Waals surface area contributed by atoms with Gasteiger partial charge in [-0.25, -0.2) is 0 Å². The second-order valence-electron chi connectivity index (χ2n) is 6.61. The van der Waals surface area contributed by atoms with Crippen LogP contribution in [-0.2, 0) is 16.6 Å². The fourth-order valence-electron chi connectivity index (χ4n) is 2.58. The molecule has 2 N–H and O–H groups in total. The molecule has 8 heteroatoms. The molecule has 1 heterocycles. The van der Waals surface area contributed by atoms with Crippen LogP contribution in [0.25, 0.3) is 11.3 Å². The maximum Gasteiger partial charge on any atom is 0.239 e. The van der Waals surface area contributed by atoms with Gasteiger partial charge in [0.05, 0.1) is 18.8 Å². The summed E-state index contributed by atoms with van der Waals surface area (Å²) in [4.78, 5) is 25.7. The lowest BCUT2D eigenvalue weighted by molar-refractivity contribution is -0.123. The average Bonchev–Trinajstić information content (AvgIpc) is 3.30. The van der Waals surface area contributed by atoms with Crippen LogP contribution in [0, 0.1) is 0 Å². The zero-order valence-corrected chi connectivity index (χ0v) is 15.6. The third-order valence-corrected chi connectivity index (χ3v) is 4.31. The Morgan fingerprint density at radius 2 is 1.88 bits per heavy atom. The highest BCUT2D eigenvalue weighted by Gasteiger charge is 2.23. The molecular formula is C18H22ClN5O2. The number of aryl methyl sites for hydroxylation is 1. The zero-order chi connectivity index (χ0) is 18.7. The number of aromatic nitrogens is 2. The number of carbonyl (C=O) groups excluding carboxylic acids is 2. The molecule has 1 aliphatic rings. The number of amides is 2. The average molecular weight is 376 g/mol. The zero-order valence-electron chi connectivity index (χ0n) is 14.8. The van der Waals surface area contributed by atoms with E-state index in [-0.39, 0.29) is 24.9 Å². The molecule has 1 aliphatic carbocycles. The van der Waals surface area contributed by atoms with Gasteiger partial charge in [-0.15, -0.1) is 0 Å². The number of anilines is 1. The first-order valence-electron chi connectivity index (χ1n) is 8.48. The van der Waals surface area contributed by atoms with Crippen molar-refractivity contribution in [3.63, 3.8) is 0 Å². The lowest BCUT2D eigenvalue weighted by Crippen LogP contribution is -2.39. The fraction of sp³-hybridized carbons (Fsp3) is 0.389. The molecule has 26 heavy (non-hydrogen) atoms. The van der Waals surface area contributed by atoms with E-state index in [2.05, 4.69) is 15.7 Å². The van der Waals surface area contributed by atoms with E-state index in [1.807, 2.05) is 12.1 Å². The van der Waals surface area contributed by atoms with E-state index in [1.54, 1.807) is 41.9 Å². The van der Waals surface area contributed by atoms with Crippen molar-refractivity contribution >= 4 is 29.2 Å². The third kappa shape index (κ3) is 5.06. The lowest BCUT2D eigenvalue weighted by atomic mass is 10.1. The second kappa shape index (κ2) is 7.88. The van der Waals surface area contributed by atoms with Crippen molar-refractivity contribution in [2.24, 2.45) is 7.05 Å². The molecule has 0 saturated heterocycles. The first-order valence-corrected chi connectivity index (χ1v) is 8.86. The Hall–Kier alpha value is -2.38. The Kier molecular flexibility index (Phi) is 5.58. The minimum atomic E-state index is -0.197. The summed E-state index contributed by atoms with van der Waals surface area (Å²) in [6, 6.07) is 9.48. The van der Waals surface area contributed by atoms with E-state index < -0.39 is 0 Å². The fourth-order valence-corrected chi connectivity index (χ4v) is 2.70. The lowest BCUT2D eigenvalue weighted by Gasteiger charge is -2.15. The summed E-state index contributed by atoms with van der Waals surface area (Å²) in [5, 5.41) is 10.8. The highest BCUT2D eigenvalue weighted by molar-refractivity contribution is 6.30. The van der Waals surface area contributed by atoms with E-state index in [4.69, 9.17) is 11.6 Å². The standard InChI is InChI=1S/C18H22ClN5O2/c1-23(10-17(25)20-14-7-8-14)11-18(26)21-16-9-15(22-24(16)2)12-3-5-13(19)6-4-12/h3-6,9,14H,7-8,10-11H2,1-2H3,(H,20,25)(H,21,26). The molecule has 0 aliphatic heterocycles. The predicted molar refractivity (Wildman–Crippen MR) is 101 cm³/mol. The maximum atomic E-state index is 12.2. The molecule has 0 radical (unpaired) electrons. The second-order valence-corrected chi connectivity index (χ2v) is 7.04. The van der Waals surface area contributed by atoms with Crippen LogP contribution in [0.3, 0.4) is 0 Å². The maximum absolute atomic E-state index is 12.2. The molecule has 0 bridgehead atoms. The molecule has 0 unspecified atom stereocenters. The van der Waals surface area contributed by atoms with Gasteiger partial charge in [0.25, 0.3) is 0 Å². The Morgan fingerprint density at radius 1 is 1.23 bits per heavy atom. The van der Waals surface area contributed by atoms with E-state index in [0.717, 1.165) is 24.1 Å². The minimum Gasteiger partial charge on any atom is -0.352 e. The summed E-state index contributed by atoms with van der Waals surface area (Å²) in [6.45, 7) is 0.324. The van der Waals surface area contributed by atoms with E-state index >= 15 is 0 Å². The summed E-state index contributed by atoms with van der Waals surface area (Å²) >= 11 is 5.90.